The molecule has 0 spiro atoms. The minimum atomic E-state index is 0.415. The summed E-state index contributed by atoms with van der Waals surface area (Å²) in [5.74, 6) is 3.10. The zero-order chi connectivity index (χ0) is 10.4. The summed E-state index contributed by atoms with van der Waals surface area (Å²) < 4.78 is 1.35. The Kier molecular flexibility index (Phi) is 6.96. The van der Waals surface area contributed by atoms with Gasteiger partial charge in [0.25, 0.3) is 0 Å². The third-order valence-electron chi connectivity index (χ3n) is 3.38. The van der Waals surface area contributed by atoms with Gasteiger partial charge in [-0.25, -0.2) is 0 Å². The molecule has 1 nitrogen and oxygen atoms in total. The van der Waals surface area contributed by atoms with Crippen LogP contribution in [0.1, 0.15) is 39.0 Å². The first-order valence-electron chi connectivity index (χ1n) is 5.73. The van der Waals surface area contributed by atoms with Crippen LogP contribution in [0.3, 0.4) is 0 Å². The Labute approximate surface area is 106 Å². The second kappa shape index (κ2) is 7.39. The molecule has 2 N–H and O–H groups in total. The molecule has 0 heterocycles. The Morgan fingerprint density at radius 2 is 2.14 bits per heavy atom. The normalized spacial score (nSPS) is 30.3. The molecule has 0 aromatic rings. The molecule has 1 fully saturated rings. The Hall–Kier alpha value is 1.11. The van der Waals surface area contributed by atoms with E-state index in [1.54, 1.807) is 22.5 Å². The van der Waals surface area contributed by atoms with E-state index in [4.69, 9.17) is 5.73 Å². The van der Waals surface area contributed by atoms with E-state index >= 15 is 0 Å². The van der Waals surface area contributed by atoms with Gasteiger partial charge in [0.05, 0.1) is 0 Å². The molecule has 1 aliphatic rings. The molecule has 3 unspecified atom stereocenters. The average molecular weight is 319 g/mol. The molecule has 0 bridgehead atoms. The Morgan fingerprint density at radius 1 is 1.43 bits per heavy atom. The Bertz CT molecular complexity index is 152. The summed E-state index contributed by atoms with van der Waals surface area (Å²) in [5, 5.41) is 0. The zero-order valence-corrected chi connectivity index (χ0v) is 12.8. The fourth-order valence-electron chi connectivity index (χ4n) is 2.59. The predicted octanol–water partition coefficient (Wildman–Crippen LogP) is 2.39. The molecule has 1 aliphatic carbocycles. The van der Waals surface area contributed by atoms with E-state index < -0.39 is 0 Å². The third-order valence-corrected chi connectivity index (χ3v) is 5.85. The maximum atomic E-state index is 6.06. The third kappa shape index (κ3) is 4.31. The molecule has 1 saturated carbocycles. The predicted molar refractivity (Wildman–Crippen MR) is 66.8 cm³/mol. The Morgan fingerprint density at radius 3 is 2.79 bits per heavy atom. The van der Waals surface area contributed by atoms with Crippen molar-refractivity contribution in [2.45, 2.75) is 45.1 Å². The van der Waals surface area contributed by atoms with Crippen molar-refractivity contribution < 1.29 is 0 Å². The van der Waals surface area contributed by atoms with Gasteiger partial charge < -0.3 is 0 Å². The van der Waals surface area contributed by atoms with E-state index in [1.165, 1.54) is 41.6 Å². The van der Waals surface area contributed by atoms with Crippen LogP contribution in [-0.2, 0) is 0 Å². The molecule has 0 saturated heterocycles. The van der Waals surface area contributed by atoms with Crippen LogP contribution < -0.4 is 5.73 Å². The van der Waals surface area contributed by atoms with Gasteiger partial charge in [0, 0.05) is 0 Å². The van der Waals surface area contributed by atoms with E-state index in [0.29, 0.717) is 6.04 Å². The van der Waals surface area contributed by atoms with Crippen LogP contribution in [0.5, 0.6) is 0 Å². The van der Waals surface area contributed by atoms with Crippen molar-refractivity contribution in [1.82, 2.24) is 0 Å². The van der Waals surface area contributed by atoms with Gasteiger partial charge in [-0.1, -0.05) is 0 Å². The molecule has 3 heteroatoms. The summed E-state index contributed by atoms with van der Waals surface area (Å²) >= 11 is 3.78. The van der Waals surface area contributed by atoms with Gasteiger partial charge in [-0.05, 0) is 0 Å². The number of rotatable bonds is 5. The molecule has 3 atom stereocenters. The zero-order valence-electron chi connectivity index (χ0n) is 9.17. The summed E-state index contributed by atoms with van der Waals surface area (Å²) in [6.07, 6.45) is 7.07. The van der Waals surface area contributed by atoms with Crippen LogP contribution in [0, 0.1) is 11.8 Å². The van der Waals surface area contributed by atoms with Gasteiger partial charge in [0.2, 0.25) is 0 Å². The van der Waals surface area contributed by atoms with Crippen molar-refractivity contribution in [2.24, 2.45) is 17.6 Å². The average Bonchev–Trinajstić information content (AvgIpc) is 2.19. The van der Waals surface area contributed by atoms with Crippen molar-refractivity contribution >= 4 is 34.3 Å². The van der Waals surface area contributed by atoms with Gasteiger partial charge >= 0.3 is 106 Å². The van der Waals surface area contributed by atoms with E-state index in [9.17, 15) is 0 Å². The van der Waals surface area contributed by atoms with Crippen LogP contribution in [0.2, 0.25) is 0 Å². The monoisotopic (exact) mass is 320 g/mol. The molecule has 78 valence electrons. The molecule has 0 aromatic carbocycles. The van der Waals surface area contributed by atoms with Gasteiger partial charge in [0.1, 0.15) is 0 Å². The molecule has 0 aliphatic heterocycles. The molecule has 14 heavy (non-hydrogen) atoms. The fourth-order valence-corrected chi connectivity index (χ4v) is 4.44. The van der Waals surface area contributed by atoms with Crippen LogP contribution >= 0.6 is 11.8 Å². The number of nitrogens with two attached hydrogens (primary N) is 1. The first kappa shape index (κ1) is 13.2. The van der Waals surface area contributed by atoms with Crippen molar-refractivity contribution in [3.8, 4) is 0 Å². The van der Waals surface area contributed by atoms with Crippen LogP contribution in [0.25, 0.3) is 0 Å². The van der Waals surface area contributed by atoms with Gasteiger partial charge in [-0.15, -0.1) is 0 Å². The molecule has 0 radical (unpaired) electrons. The van der Waals surface area contributed by atoms with Gasteiger partial charge in [0.15, 0.2) is 0 Å². The standard InChI is InChI=1S/C11H22NS.Sn/c1-9(12)11-6-4-3-5-10(11)7-8-13-2;/h9-11H,2-8,12H2,1H3;/q;+3. The minimum absolute atomic E-state index is 0.415. The Balaban J connectivity index is 2.30. The van der Waals surface area contributed by atoms with E-state index in [1.807, 2.05) is 0 Å². The summed E-state index contributed by atoms with van der Waals surface area (Å²) in [7, 11) is 0. The summed E-state index contributed by atoms with van der Waals surface area (Å²) in [4.78, 5) is 0. The fraction of sp³-hybridized carbons (Fsp3) is 1.00. The topological polar surface area (TPSA) is 26.0 Å². The van der Waals surface area contributed by atoms with Crippen molar-refractivity contribution in [3.63, 3.8) is 0 Å². The quantitative estimate of drug-likeness (QED) is 0.622. The van der Waals surface area contributed by atoms with Crippen LogP contribution in [-0.4, -0.2) is 38.1 Å². The number of hydrogen-bond acceptors (Lipinski definition) is 2. The first-order chi connectivity index (χ1) is 6.75. The number of hydrogen-bond donors (Lipinski definition) is 1. The second-order valence-corrected chi connectivity index (χ2v) is 7.99. The van der Waals surface area contributed by atoms with Crippen molar-refractivity contribution in [1.29, 1.82) is 0 Å². The molecule has 0 aromatic heterocycles. The maximum absolute atomic E-state index is 6.06. The van der Waals surface area contributed by atoms with Gasteiger partial charge in [-0.2, -0.15) is 0 Å². The van der Waals surface area contributed by atoms with Crippen molar-refractivity contribution in [2.75, 3.05) is 9.52 Å². The second-order valence-electron chi connectivity index (χ2n) is 4.41. The van der Waals surface area contributed by atoms with Crippen molar-refractivity contribution in [3.05, 3.63) is 0 Å². The molecular formula is C11H22NSSn+3. The van der Waals surface area contributed by atoms with E-state index in [-0.39, 0.29) is 0 Å². The molecular weight excluding hydrogens is 297 g/mol. The van der Waals surface area contributed by atoms with E-state index in [2.05, 4.69) is 18.7 Å². The summed E-state index contributed by atoms with van der Waals surface area (Å²) in [6.45, 7) is 2.19. The molecule has 1 rings (SSSR count). The van der Waals surface area contributed by atoms with Crippen LogP contribution in [0.4, 0.5) is 0 Å². The van der Waals surface area contributed by atoms with Gasteiger partial charge in [-0.3, -0.25) is 0 Å². The summed E-state index contributed by atoms with van der Waals surface area (Å²) in [5.41, 5.74) is 6.06. The van der Waals surface area contributed by atoms with Crippen LogP contribution in [0.15, 0.2) is 0 Å². The SMILES string of the molecule is CC(N)C1CCCCC1CCS[CH2][Sn+3]. The summed E-state index contributed by atoms with van der Waals surface area (Å²) in [6, 6.07) is 0.415. The van der Waals surface area contributed by atoms with E-state index in [0.717, 1.165) is 11.8 Å². The number of thioether (sulfide) groups is 1. The molecule has 0 amide bonds. The first-order valence-corrected chi connectivity index (χ1v) is 8.91.